The third-order valence-corrected chi connectivity index (χ3v) is 4.81. The van der Waals surface area contributed by atoms with E-state index in [2.05, 4.69) is 23.1 Å². The van der Waals surface area contributed by atoms with Crippen molar-refractivity contribution in [2.24, 2.45) is 0 Å². The van der Waals surface area contributed by atoms with E-state index in [-0.39, 0.29) is 12.5 Å². The van der Waals surface area contributed by atoms with E-state index in [1.165, 1.54) is 5.56 Å². The molecule has 0 aliphatic rings. The molecule has 0 fully saturated rings. The Morgan fingerprint density at radius 2 is 1.50 bits per heavy atom. The fourth-order valence-electron chi connectivity index (χ4n) is 2.94. The number of carbonyl (C=O) groups excluding carboxylic acids is 3. The minimum absolute atomic E-state index is 0.225. The van der Waals surface area contributed by atoms with Crippen LogP contribution in [0.3, 0.4) is 0 Å². The zero-order valence-corrected chi connectivity index (χ0v) is 18.0. The highest BCUT2D eigenvalue weighted by molar-refractivity contribution is 6.05. The first-order valence-corrected chi connectivity index (χ1v) is 10.2. The van der Waals surface area contributed by atoms with Gasteiger partial charge < -0.3 is 10.1 Å². The van der Waals surface area contributed by atoms with E-state index >= 15 is 0 Å². The number of hydrogen-bond donors (Lipinski definition) is 3. The highest BCUT2D eigenvalue weighted by Gasteiger charge is 2.11. The van der Waals surface area contributed by atoms with Crippen LogP contribution in [0.4, 0.5) is 5.69 Å². The summed E-state index contributed by atoms with van der Waals surface area (Å²) < 4.78 is 5.40. The summed E-state index contributed by atoms with van der Waals surface area (Å²) in [5, 5.41) is 2.80. The molecule has 0 heterocycles. The number of amides is 3. The van der Waals surface area contributed by atoms with Crippen molar-refractivity contribution in [2.75, 3.05) is 11.9 Å². The average Bonchev–Trinajstić information content (AvgIpc) is 2.82. The molecule has 0 bridgehead atoms. The van der Waals surface area contributed by atoms with Crippen LogP contribution in [0, 0.1) is 6.92 Å². The van der Waals surface area contributed by atoms with E-state index in [4.69, 9.17) is 4.74 Å². The number of anilines is 1. The minimum atomic E-state index is -0.486. The Kier molecular flexibility index (Phi) is 7.59. The molecule has 0 aromatic heterocycles. The first-order chi connectivity index (χ1) is 15.5. The molecule has 3 aromatic rings. The Labute approximate surface area is 186 Å². The Bertz CT molecular complexity index is 1090. The van der Waals surface area contributed by atoms with Gasteiger partial charge in [0.2, 0.25) is 0 Å². The van der Waals surface area contributed by atoms with Gasteiger partial charge in [-0.05, 0) is 66.9 Å². The summed E-state index contributed by atoms with van der Waals surface area (Å²) >= 11 is 0. The molecule has 3 rings (SSSR count). The van der Waals surface area contributed by atoms with E-state index in [9.17, 15) is 14.4 Å². The molecular weight excluding hydrogens is 406 g/mol. The number of carbonyl (C=O) groups is 3. The standard InChI is InChI=1S/C25H25N3O4/c1-3-18-8-14-21(15-9-18)32-16-23(29)27-28-24(30)19-10-12-20(13-11-19)26-25(31)22-7-5-4-6-17(22)2/h4-15H,3,16H2,1-2H3,(H,26,31)(H,27,29)(H,28,30). The van der Waals surface area contributed by atoms with E-state index in [0.29, 0.717) is 22.6 Å². The van der Waals surface area contributed by atoms with Crippen molar-refractivity contribution < 1.29 is 19.1 Å². The molecular formula is C25H25N3O4. The van der Waals surface area contributed by atoms with E-state index in [1.54, 1.807) is 48.5 Å². The fourth-order valence-corrected chi connectivity index (χ4v) is 2.94. The predicted molar refractivity (Wildman–Crippen MR) is 122 cm³/mol. The van der Waals surface area contributed by atoms with Gasteiger partial charge in [-0.3, -0.25) is 25.2 Å². The van der Waals surface area contributed by atoms with E-state index < -0.39 is 11.8 Å². The van der Waals surface area contributed by atoms with Gasteiger partial charge in [-0.1, -0.05) is 37.3 Å². The lowest BCUT2D eigenvalue weighted by atomic mass is 10.1. The summed E-state index contributed by atoms with van der Waals surface area (Å²) in [5.41, 5.74) is 8.18. The van der Waals surface area contributed by atoms with Gasteiger partial charge in [-0.15, -0.1) is 0 Å². The average molecular weight is 431 g/mol. The number of benzene rings is 3. The summed E-state index contributed by atoms with van der Waals surface area (Å²) in [6.45, 7) is 3.69. The van der Waals surface area contributed by atoms with Gasteiger partial charge in [-0.25, -0.2) is 0 Å². The first-order valence-electron chi connectivity index (χ1n) is 10.2. The first kappa shape index (κ1) is 22.6. The van der Waals surface area contributed by atoms with Crippen molar-refractivity contribution in [1.29, 1.82) is 0 Å². The second kappa shape index (κ2) is 10.8. The molecule has 3 amide bonds. The maximum absolute atomic E-state index is 12.4. The van der Waals surface area contributed by atoms with Crippen molar-refractivity contribution in [2.45, 2.75) is 20.3 Å². The Hall–Kier alpha value is -4.13. The van der Waals surface area contributed by atoms with Crippen LogP contribution in [0.15, 0.2) is 72.8 Å². The number of hydrazine groups is 1. The van der Waals surface area contributed by atoms with Gasteiger partial charge in [0.25, 0.3) is 17.7 Å². The maximum atomic E-state index is 12.4. The molecule has 3 aromatic carbocycles. The third kappa shape index (κ3) is 6.18. The van der Waals surface area contributed by atoms with Crippen LogP contribution in [-0.4, -0.2) is 24.3 Å². The van der Waals surface area contributed by atoms with Gasteiger partial charge in [-0.2, -0.15) is 0 Å². The number of nitrogens with one attached hydrogen (secondary N) is 3. The number of aryl methyl sites for hydroxylation is 2. The SMILES string of the molecule is CCc1ccc(OCC(=O)NNC(=O)c2ccc(NC(=O)c3ccccc3C)cc2)cc1. The summed E-state index contributed by atoms with van der Waals surface area (Å²) in [7, 11) is 0. The second-order valence-electron chi connectivity index (χ2n) is 7.13. The zero-order chi connectivity index (χ0) is 22.9. The van der Waals surface area contributed by atoms with Gasteiger partial charge in [0, 0.05) is 16.8 Å². The predicted octanol–water partition coefficient (Wildman–Crippen LogP) is 3.65. The zero-order valence-electron chi connectivity index (χ0n) is 18.0. The molecule has 0 aliphatic heterocycles. The van der Waals surface area contributed by atoms with Gasteiger partial charge in [0.1, 0.15) is 5.75 Å². The van der Waals surface area contributed by atoms with Crippen molar-refractivity contribution in [1.82, 2.24) is 10.9 Å². The quantitative estimate of drug-likeness (QED) is 0.498. The van der Waals surface area contributed by atoms with Crippen LogP contribution in [0.2, 0.25) is 0 Å². The molecule has 0 unspecified atom stereocenters. The highest BCUT2D eigenvalue weighted by atomic mass is 16.5. The van der Waals surface area contributed by atoms with Gasteiger partial charge in [0.05, 0.1) is 0 Å². The lowest BCUT2D eigenvalue weighted by Crippen LogP contribution is -2.43. The van der Waals surface area contributed by atoms with E-state index in [0.717, 1.165) is 12.0 Å². The fraction of sp³-hybridized carbons (Fsp3) is 0.160. The lowest BCUT2D eigenvalue weighted by Gasteiger charge is -2.10. The molecule has 0 saturated carbocycles. The normalized spacial score (nSPS) is 10.2. The van der Waals surface area contributed by atoms with Crippen molar-refractivity contribution in [3.05, 3.63) is 95.1 Å². The largest absolute Gasteiger partial charge is 0.484 e. The van der Waals surface area contributed by atoms with Crippen LogP contribution < -0.4 is 20.9 Å². The number of rotatable bonds is 7. The van der Waals surface area contributed by atoms with Crippen molar-refractivity contribution in [3.63, 3.8) is 0 Å². The molecule has 164 valence electrons. The van der Waals surface area contributed by atoms with Gasteiger partial charge >= 0.3 is 0 Å². The monoisotopic (exact) mass is 431 g/mol. The van der Waals surface area contributed by atoms with Crippen LogP contribution in [0.1, 0.15) is 38.8 Å². The molecule has 32 heavy (non-hydrogen) atoms. The van der Waals surface area contributed by atoms with Crippen molar-refractivity contribution in [3.8, 4) is 5.75 Å². The highest BCUT2D eigenvalue weighted by Crippen LogP contribution is 2.14. The minimum Gasteiger partial charge on any atom is -0.484 e. The molecule has 3 N–H and O–H groups in total. The van der Waals surface area contributed by atoms with Gasteiger partial charge in [0.15, 0.2) is 6.61 Å². The Balaban J connectivity index is 1.46. The second-order valence-corrected chi connectivity index (χ2v) is 7.13. The lowest BCUT2D eigenvalue weighted by molar-refractivity contribution is -0.123. The molecule has 0 atom stereocenters. The van der Waals surface area contributed by atoms with E-state index in [1.807, 2.05) is 31.2 Å². The molecule has 0 saturated heterocycles. The summed E-state index contributed by atoms with van der Waals surface area (Å²) in [5.74, 6) is -0.619. The molecule has 7 nitrogen and oxygen atoms in total. The van der Waals surface area contributed by atoms with Crippen molar-refractivity contribution >= 4 is 23.4 Å². The Morgan fingerprint density at radius 3 is 2.16 bits per heavy atom. The molecule has 0 aliphatic carbocycles. The molecule has 0 radical (unpaired) electrons. The third-order valence-electron chi connectivity index (χ3n) is 4.81. The van der Waals surface area contributed by atoms with Crippen LogP contribution in [0.5, 0.6) is 5.75 Å². The van der Waals surface area contributed by atoms with Crippen LogP contribution in [0.25, 0.3) is 0 Å². The molecule has 0 spiro atoms. The summed E-state index contributed by atoms with van der Waals surface area (Å²) in [4.78, 5) is 36.5. The number of ether oxygens (including phenoxy) is 1. The Morgan fingerprint density at radius 1 is 0.812 bits per heavy atom. The van der Waals surface area contributed by atoms with Crippen LogP contribution >= 0.6 is 0 Å². The maximum Gasteiger partial charge on any atom is 0.276 e. The number of hydrogen-bond acceptors (Lipinski definition) is 4. The van der Waals surface area contributed by atoms with Crippen LogP contribution in [-0.2, 0) is 11.2 Å². The molecule has 7 heteroatoms. The smallest absolute Gasteiger partial charge is 0.276 e. The topological polar surface area (TPSA) is 96.5 Å². The summed E-state index contributed by atoms with van der Waals surface area (Å²) in [6.07, 6.45) is 0.923. The summed E-state index contributed by atoms with van der Waals surface area (Å²) in [6, 6.07) is 21.1.